The van der Waals surface area contributed by atoms with E-state index in [1.807, 2.05) is 0 Å². The monoisotopic (exact) mass is 419 g/mol. The Morgan fingerprint density at radius 3 is 1.59 bits per heavy atom. The smallest absolute Gasteiger partial charge is 0.358 e. The Morgan fingerprint density at radius 2 is 1.22 bits per heavy atom. The number of hydrogen-bond donors (Lipinski definition) is 0. The second-order valence-corrected chi connectivity index (χ2v) is 15.0. The largest absolute Gasteiger partial charge is 3.00 e. The van der Waals surface area contributed by atoms with Gasteiger partial charge in [0.15, 0.2) is 0 Å². The van der Waals surface area contributed by atoms with Gasteiger partial charge in [0.2, 0.25) is 0 Å². The summed E-state index contributed by atoms with van der Waals surface area (Å²) in [5.41, 5.74) is 6.21. The van der Waals surface area contributed by atoms with Crippen molar-refractivity contribution in [1.82, 2.24) is 0 Å². The molecule has 6 unspecified atom stereocenters. The van der Waals surface area contributed by atoms with Crippen LogP contribution in [0, 0.1) is 56.9 Å². The summed E-state index contributed by atoms with van der Waals surface area (Å²) >= 11 is 0. The van der Waals surface area contributed by atoms with E-state index in [1.54, 1.807) is 5.57 Å². The summed E-state index contributed by atoms with van der Waals surface area (Å²) in [6.07, 6.45) is 14.7. The molecule has 0 bridgehead atoms. The van der Waals surface area contributed by atoms with Crippen molar-refractivity contribution in [2.24, 2.45) is 35.5 Å². The number of rotatable bonds is 1. The third kappa shape index (κ3) is 4.63. The van der Waals surface area contributed by atoms with Crippen molar-refractivity contribution >= 4 is 8.07 Å². The van der Waals surface area contributed by atoms with E-state index >= 15 is 0 Å². The molecule has 2 heteroatoms. The normalized spacial score (nSPS) is 40.6. The topological polar surface area (TPSA) is 0 Å². The van der Waals surface area contributed by atoms with Crippen molar-refractivity contribution in [3.05, 3.63) is 39.3 Å². The van der Waals surface area contributed by atoms with Crippen molar-refractivity contribution in [3.63, 3.8) is 0 Å². The molecule has 1 radical (unpaired) electrons. The van der Waals surface area contributed by atoms with Gasteiger partial charge in [0.05, 0.1) is 0 Å². The molecule has 0 aliphatic heterocycles. The van der Waals surface area contributed by atoms with Crippen LogP contribution in [0.5, 0.6) is 0 Å². The molecule has 4 aliphatic rings. The predicted molar refractivity (Wildman–Crippen MR) is 119 cm³/mol. The molecule has 0 nitrogen and oxygen atoms in total. The molecular weight excluding hydrogens is 376 g/mol. The quantitative estimate of drug-likeness (QED) is 0.232. The van der Waals surface area contributed by atoms with Crippen LogP contribution in [0.1, 0.15) is 64.2 Å². The van der Waals surface area contributed by atoms with Gasteiger partial charge in [-0.25, -0.2) is 0 Å². The van der Waals surface area contributed by atoms with E-state index in [9.17, 15) is 0 Å². The number of fused-ring (bicyclic) bond motifs is 5. The average molecular weight is 420 g/mol. The van der Waals surface area contributed by atoms with Crippen molar-refractivity contribution in [2.75, 3.05) is 0 Å². The molecule has 151 valence electrons. The fourth-order valence-corrected chi connectivity index (χ4v) is 9.20. The SMILES string of the molecule is C=C=C1C2CCCCC2C2CC([Si]([CH2-])(C)C)CC2C2CCCCC12.[CH3-].[CH3-].[Ti+3]. The third-order valence-corrected chi connectivity index (χ3v) is 11.2. The number of hydrogen-bond acceptors (Lipinski definition) is 0. The van der Waals surface area contributed by atoms with E-state index in [4.69, 9.17) is 0 Å². The summed E-state index contributed by atoms with van der Waals surface area (Å²) in [5, 5.41) is 0. The average Bonchev–Trinajstić information content (AvgIpc) is 2.98. The van der Waals surface area contributed by atoms with Crippen LogP contribution in [-0.4, -0.2) is 8.07 Å². The van der Waals surface area contributed by atoms with E-state index in [0.717, 1.165) is 41.0 Å². The number of allylic oxidation sites excluding steroid dienone is 1. The van der Waals surface area contributed by atoms with Gasteiger partial charge in [-0.3, -0.25) is 0 Å². The minimum atomic E-state index is -1.25. The molecule has 4 fully saturated rings. The zero-order chi connectivity index (χ0) is 16.9. The zero-order valence-electron chi connectivity index (χ0n) is 18.5. The van der Waals surface area contributed by atoms with Gasteiger partial charge in [-0.1, -0.05) is 71.8 Å². The first-order chi connectivity index (χ1) is 11.5. The second kappa shape index (κ2) is 9.97. The Bertz CT molecular complexity index is 493. The Morgan fingerprint density at radius 1 is 0.815 bits per heavy atom. The maximum Gasteiger partial charge on any atom is 3.00 e. The van der Waals surface area contributed by atoms with Gasteiger partial charge in [0, 0.05) is 0 Å². The molecule has 0 spiro atoms. The molecule has 0 saturated heterocycles. The Balaban J connectivity index is 0.00000121. The van der Waals surface area contributed by atoms with Crippen LogP contribution >= 0.6 is 0 Å². The molecule has 6 atom stereocenters. The van der Waals surface area contributed by atoms with Crippen molar-refractivity contribution < 1.29 is 21.7 Å². The summed E-state index contributed by atoms with van der Waals surface area (Å²) in [7, 11) is -1.25. The van der Waals surface area contributed by atoms with Crippen LogP contribution < -0.4 is 0 Å². The summed E-state index contributed by atoms with van der Waals surface area (Å²) in [6, 6.07) is 0. The summed E-state index contributed by atoms with van der Waals surface area (Å²) < 4.78 is 0. The zero-order valence-corrected chi connectivity index (χ0v) is 21.1. The maximum absolute atomic E-state index is 4.68. The molecule has 0 heterocycles. The molecule has 0 aromatic heterocycles. The summed E-state index contributed by atoms with van der Waals surface area (Å²) in [4.78, 5) is 0. The van der Waals surface area contributed by atoms with Crippen molar-refractivity contribution in [3.8, 4) is 0 Å². The van der Waals surface area contributed by atoms with E-state index in [1.165, 1.54) is 64.2 Å². The molecular formula is C25H43SiTi. The predicted octanol–water partition coefficient (Wildman–Crippen LogP) is 7.70. The third-order valence-electron chi connectivity index (χ3n) is 8.51. The molecule has 0 aromatic carbocycles. The molecule has 4 aliphatic carbocycles. The van der Waals surface area contributed by atoms with Crippen LogP contribution in [-0.2, 0) is 21.7 Å². The second-order valence-electron chi connectivity index (χ2n) is 10.2. The van der Waals surface area contributed by atoms with Crippen LogP contribution in [0.4, 0.5) is 0 Å². The van der Waals surface area contributed by atoms with Gasteiger partial charge in [0.25, 0.3) is 0 Å². The first-order valence-corrected chi connectivity index (χ1v) is 14.0. The van der Waals surface area contributed by atoms with Gasteiger partial charge >= 0.3 is 21.7 Å². The molecule has 0 N–H and O–H groups in total. The van der Waals surface area contributed by atoms with E-state index in [0.29, 0.717) is 0 Å². The van der Waals surface area contributed by atoms with Crippen LogP contribution in [0.15, 0.2) is 17.9 Å². The van der Waals surface area contributed by atoms with Gasteiger partial charge in [0.1, 0.15) is 0 Å². The molecule has 4 saturated carbocycles. The fourth-order valence-electron chi connectivity index (χ4n) is 7.38. The van der Waals surface area contributed by atoms with Crippen molar-refractivity contribution in [1.29, 1.82) is 0 Å². The van der Waals surface area contributed by atoms with Crippen LogP contribution in [0.2, 0.25) is 18.6 Å². The van der Waals surface area contributed by atoms with Crippen LogP contribution in [0.3, 0.4) is 0 Å². The summed E-state index contributed by atoms with van der Waals surface area (Å²) in [6.45, 7) is 13.9. The first kappa shape index (κ1) is 25.5. The van der Waals surface area contributed by atoms with Gasteiger partial charge in [-0.15, -0.1) is 5.73 Å². The minimum Gasteiger partial charge on any atom is -0.358 e. The van der Waals surface area contributed by atoms with E-state index in [-0.39, 0.29) is 36.6 Å². The van der Waals surface area contributed by atoms with Crippen molar-refractivity contribution in [2.45, 2.75) is 82.8 Å². The molecule has 27 heavy (non-hydrogen) atoms. The maximum atomic E-state index is 4.68. The minimum absolute atomic E-state index is 0. The van der Waals surface area contributed by atoms with Gasteiger partial charge < -0.3 is 21.4 Å². The van der Waals surface area contributed by atoms with E-state index < -0.39 is 8.07 Å². The fraction of sp³-hybridized carbons (Fsp3) is 0.760. The first-order valence-electron chi connectivity index (χ1n) is 10.8. The molecule has 4 rings (SSSR count). The van der Waals surface area contributed by atoms with E-state index in [2.05, 4.69) is 32.0 Å². The van der Waals surface area contributed by atoms with Crippen LogP contribution in [0.25, 0.3) is 0 Å². The van der Waals surface area contributed by atoms with Gasteiger partial charge in [-0.05, 0) is 66.8 Å². The molecule has 0 aromatic rings. The molecule has 0 amide bonds. The summed E-state index contributed by atoms with van der Waals surface area (Å²) in [5.74, 6) is 5.60. The Hall–Kier alpha value is 0.451. The Labute approximate surface area is 186 Å². The standard InChI is InChI=1S/C23H37Si.2CH3.Ti/c1-5-17-18-10-6-8-12-20(18)22-14-16(24(2,3)4)15-23(22)21-13-9-7-11-19(17)21;;;/h16,18-23H,1-2,6-15H2,3-4H3;2*1H3;/q3*-1;+3. The van der Waals surface area contributed by atoms with Gasteiger partial charge in [-0.2, -0.15) is 0 Å². The Kier molecular flexibility index (Phi) is 9.41.